The van der Waals surface area contributed by atoms with Crippen molar-refractivity contribution in [2.75, 3.05) is 11.9 Å². The highest BCUT2D eigenvalue weighted by molar-refractivity contribution is 7.80. The second kappa shape index (κ2) is 13.0. The molecule has 4 rings (SSSR count). The first-order valence-corrected chi connectivity index (χ1v) is 13.7. The van der Waals surface area contributed by atoms with Crippen molar-refractivity contribution in [3.8, 4) is 5.75 Å². The molecule has 1 unspecified atom stereocenters. The second-order valence-electron chi connectivity index (χ2n) is 10.8. The van der Waals surface area contributed by atoms with E-state index < -0.39 is 35.0 Å². The van der Waals surface area contributed by atoms with Gasteiger partial charge < -0.3 is 24.6 Å². The lowest BCUT2D eigenvalue weighted by molar-refractivity contribution is -0.0574. The number of hydrazine groups is 1. The summed E-state index contributed by atoms with van der Waals surface area (Å²) in [5, 5.41) is 20.2. The van der Waals surface area contributed by atoms with Crippen LogP contribution >= 0.6 is 12.2 Å². The molecule has 11 nitrogen and oxygen atoms in total. The lowest BCUT2D eigenvalue weighted by atomic mass is 9.86. The van der Waals surface area contributed by atoms with Gasteiger partial charge >= 0.3 is 6.09 Å². The number of hydrogen-bond acceptors (Lipinski definition) is 8. The smallest absolute Gasteiger partial charge is 0.426 e. The van der Waals surface area contributed by atoms with E-state index in [1.54, 1.807) is 45.0 Å². The number of benzene rings is 2. The molecular weight excluding hydrogens is 570 g/mol. The van der Waals surface area contributed by atoms with E-state index in [9.17, 15) is 14.3 Å². The fraction of sp³-hybridized carbons (Fsp3) is 0.429. The number of aliphatic hydroxyl groups is 1. The van der Waals surface area contributed by atoms with E-state index in [-0.39, 0.29) is 23.5 Å². The molecule has 1 fully saturated rings. The Bertz CT molecular complexity index is 1370. The SMILES string of the molecule is C[C@@H](N(NC(=O)OC(C)(C)C)C(=S)Nc1ccc(OC2CCCO2)cc1)[C@](O)(Cn1cncn1)c1ccc(F)cc1F. The predicted octanol–water partition coefficient (Wildman–Crippen LogP) is 4.49. The van der Waals surface area contributed by atoms with Crippen molar-refractivity contribution in [1.82, 2.24) is 25.2 Å². The highest BCUT2D eigenvalue weighted by atomic mass is 32.1. The number of amides is 1. The third-order valence-electron chi connectivity index (χ3n) is 6.44. The molecule has 0 saturated carbocycles. The molecule has 42 heavy (non-hydrogen) atoms. The van der Waals surface area contributed by atoms with Crippen molar-refractivity contribution >= 4 is 29.1 Å². The van der Waals surface area contributed by atoms with Gasteiger partial charge in [0.1, 0.15) is 41.2 Å². The van der Waals surface area contributed by atoms with Crippen LogP contribution in [-0.2, 0) is 21.6 Å². The highest BCUT2D eigenvalue weighted by Crippen LogP contribution is 2.33. The lowest BCUT2D eigenvalue weighted by Crippen LogP contribution is -2.61. The fourth-order valence-corrected chi connectivity index (χ4v) is 4.70. The van der Waals surface area contributed by atoms with Gasteiger partial charge in [-0.1, -0.05) is 6.07 Å². The Morgan fingerprint density at radius 1 is 1.26 bits per heavy atom. The molecule has 0 bridgehead atoms. The zero-order valence-electron chi connectivity index (χ0n) is 23.7. The van der Waals surface area contributed by atoms with Crippen molar-refractivity contribution in [3.05, 3.63) is 72.3 Å². The minimum Gasteiger partial charge on any atom is -0.465 e. The predicted molar refractivity (Wildman–Crippen MR) is 153 cm³/mol. The van der Waals surface area contributed by atoms with Crippen LogP contribution in [0.2, 0.25) is 0 Å². The van der Waals surface area contributed by atoms with Gasteiger partial charge in [0.15, 0.2) is 11.4 Å². The molecule has 0 aliphatic carbocycles. The zero-order valence-corrected chi connectivity index (χ0v) is 24.5. The minimum absolute atomic E-state index is 0.0549. The van der Waals surface area contributed by atoms with Gasteiger partial charge in [0.25, 0.3) is 0 Å². The molecule has 1 saturated heterocycles. The molecule has 3 atom stereocenters. The molecule has 0 radical (unpaired) electrons. The zero-order chi connectivity index (χ0) is 30.5. The Hall–Kier alpha value is -3.88. The van der Waals surface area contributed by atoms with Crippen molar-refractivity contribution in [2.45, 2.75) is 70.6 Å². The Balaban J connectivity index is 1.64. The number of nitrogens with one attached hydrogen (secondary N) is 2. The standard InChI is InChI=1S/C28H34F2N6O5S/c1-18(28(38,15-35-17-31-16-32-35)22-12-7-19(29)14-23(22)30)36(34-26(37)41-27(2,3)4)25(42)33-20-8-10-21(11-9-20)40-24-6-5-13-39-24/h7-12,14,16-18,24,38H,5-6,13,15H2,1-4H3,(H,33,42)(H,34,37)/t18-,24?,28-/m1/s1. The van der Waals surface area contributed by atoms with Crippen LogP contribution in [0.1, 0.15) is 46.1 Å². The Morgan fingerprint density at radius 3 is 2.60 bits per heavy atom. The normalized spacial score (nSPS) is 17.2. The van der Waals surface area contributed by atoms with E-state index in [0.717, 1.165) is 30.0 Å². The average Bonchev–Trinajstić information content (AvgIpc) is 3.61. The first kappa shape index (κ1) is 31.1. The van der Waals surface area contributed by atoms with Gasteiger partial charge in [-0.2, -0.15) is 5.10 Å². The van der Waals surface area contributed by atoms with Crippen LogP contribution in [-0.4, -0.2) is 60.6 Å². The maximum atomic E-state index is 15.2. The minimum atomic E-state index is -2.12. The summed E-state index contributed by atoms with van der Waals surface area (Å²) in [4.78, 5) is 16.8. The highest BCUT2D eigenvalue weighted by Gasteiger charge is 2.44. The Morgan fingerprint density at radius 2 is 2.00 bits per heavy atom. The van der Waals surface area contributed by atoms with Gasteiger partial charge in [-0.15, -0.1) is 0 Å². The van der Waals surface area contributed by atoms with Crippen LogP contribution in [0, 0.1) is 11.6 Å². The number of carbonyl (C=O) groups excluding carboxylic acids is 1. The van der Waals surface area contributed by atoms with Crippen molar-refractivity contribution in [2.24, 2.45) is 0 Å². The molecular formula is C28H34F2N6O5S. The van der Waals surface area contributed by atoms with Gasteiger partial charge in [-0.3, -0.25) is 5.01 Å². The summed E-state index contributed by atoms with van der Waals surface area (Å²) in [6.45, 7) is 6.91. The van der Waals surface area contributed by atoms with Crippen LogP contribution in [0.4, 0.5) is 19.3 Å². The summed E-state index contributed by atoms with van der Waals surface area (Å²) in [6.07, 6.45) is 3.15. The van der Waals surface area contributed by atoms with Crippen molar-refractivity contribution in [3.63, 3.8) is 0 Å². The largest absolute Gasteiger partial charge is 0.465 e. The maximum Gasteiger partial charge on any atom is 0.426 e. The summed E-state index contributed by atoms with van der Waals surface area (Å²) in [7, 11) is 0. The van der Waals surface area contributed by atoms with Crippen molar-refractivity contribution in [1.29, 1.82) is 0 Å². The van der Waals surface area contributed by atoms with Crippen molar-refractivity contribution < 1.29 is 32.9 Å². The molecule has 1 aromatic heterocycles. The first-order valence-electron chi connectivity index (χ1n) is 13.3. The summed E-state index contributed by atoms with van der Waals surface area (Å²) >= 11 is 5.66. The third-order valence-corrected chi connectivity index (χ3v) is 6.73. The topological polar surface area (TPSA) is 123 Å². The van der Waals surface area contributed by atoms with Gasteiger partial charge in [0.2, 0.25) is 0 Å². The van der Waals surface area contributed by atoms with Gasteiger partial charge in [0, 0.05) is 23.7 Å². The van der Waals surface area contributed by atoms with E-state index in [0.29, 0.717) is 24.1 Å². The molecule has 1 aliphatic rings. The number of halogens is 2. The molecule has 3 N–H and O–H groups in total. The van der Waals surface area contributed by atoms with Crippen LogP contribution in [0.15, 0.2) is 55.1 Å². The number of rotatable bonds is 8. The van der Waals surface area contributed by atoms with E-state index in [4.69, 9.17) is 26.4 Å². The Kier molecular flexibility index (Phi) is 9.59. The monoisotopic (exact) mass is 604 g/mol. The maximum absolute atomic E-state index is 15.2. The van der Waals surface area contributed by atoms with E-state index in [1.165, 1.54) is 24.3 Å². The van der Waals surface area contributed by atoms with E-state index in [1.807, 2.05) is 0 Å². The second-order valence-corrected chi connectivity index (χ2v) is 11.2. The summed E-state index contributed by atoms with van der Waals surface area (Å²) in [5.41, 5.74) is -0.121. The summed E-state index contributed by atoms with van der Waals surface area (Å²) in [6, 6.07) is 8.55. The third kappa shape index (κ3) is 7.89. The van der Waals surface area contributed by atoms with Gasteiger partial charge in [-0.05, 0) is 76.7 Å². The fourth-order valence-electron chi connectivity index (χ4n) is 4.37. The van der Waals surface area contributed by atoms with E-state index >= 15 is 4.39 Å². The number of ether oxygens (including phenoxy) is 3. The Labute approximate surface area is 247 Å². The number of carbonyl (C=O) groups is 1. The quantitative estimate of drug-likeness (QED) is 0.250. The summed E-state index contributed by atoms with van der Waals surface area (Å²) < 4.78 is 47.0. The molecule has 2 aromatic carbocycles. The number of nitrogens with zero attached hydrogens (tertiary/aromatic N) is 4. The molecule has 226 valence electrons. The number of aromatic nitrogens is 3. The first-order chi connectivity index (χ1) is 19.8. The van der Waals surface area contributed by atoms with Crippen LogP contribution in [0.3, 0.4) is 0 Å². The van der Waals surface area contributed by atoms with Gasteiger partial charge in [-0.25, -0.2) is 28.7 Å². The molecule has 1 amide bonds. The number of thiocarbonyl (C=S) groups is 1. The molecule has 2 heterocycles. The molecule has 14 heteroatoms. The lowest BCUT2D eigenvalue weighted by Gasteiger charge is -2.42. The van der Waals surface area contributed by atoms with Crippen LogP contribution in [0.5, 0.6) is 5.75 Å². The molecule has 0 spiro atoms. The summed E-state index contributed by atoms with van der Waals surface area (Å²) in [5.74, 6) is -1.22. The number of anilines is 1. The van der Waals surface area contributed by atoms with E-state index in [2.05, 4.69) is 20.8 Å². The average molecular weight is 605 g/mol. The van der Waals surface area contributed by atoms with Gasteiger partial charge in [0.05, 0.1) is 19.2 Å². The molecule has 3 aromatic rings. The molecule has 1 aliphatic heterocycles. The number of hydrogen-bond donors (Lipinski definition) is 3. The van der Waals surface area contributed by atoms with Crippen LogP contribution in [0.25, 0.3) is 0 Å². The van der Waals surface area contributed by atoms with Crippen LogP contribution < -0.4 is 15.5 Å².